The molecule has 0 saturated carbocycles. The van der Waals surface area contributed by atoms with Gasteiger partial charge in [0.15, 0.2) is 3.95 Å². The van der Waals surface area contributed by atoms with E-state index < -0.39 is 0 Å². The van der Waals surface area contributed by atoms with Crippen molar-refractivity contribution < 1.29 is 0 Å². The Morgan fingerprint density at radius 1 is 1.44 bits per heavy atom. The first-order chi connectivity index (χ1) is 7.59. The number of fused-ring (bicyclic) bond motifs is 1. The Labute approximate surface area is 108 Å². The van der Waals surface area contributed by atoms with E-state index in [0.29, 0.717) is 11.9 Å². The maximum atomic E-state index is 6.12. The van der Waals surface area contributed by atoms with E-state index >= 15 is 0 Å². The molecule has 0 bridgehead atoms. The van der Waals surface area contributed by atoms with Crippen LogP contribution in [0, 0.1) is 3.95 Å². The molecule has 1 aliphatic carbocycles. The lowest BCUT2D eigenvalue weighted by Gasteiger charge is -2.19. The average molecular weight is 251 g/mol. The molecular weight excluding hydrogens is 233 g/mol. The molecule has 2 rings (SSSR count). The molecule has 0 spiro atoms. The molecule has 4 heteroatoms. The van der Waals surface area contributed by atoms with E-state index in [9.17, 15) is 0 Å². The number of aromatic nitrogens is 1. The summed E-state index contributed by atoms with van der Waals surface area (Å²) in [6.07, 6.45) is 5.85. The Hall–Kier alpha value is -0.0851. The lowest BCUT2D eigenvalue weighted by molar-refractivity contribution is 0.538. The summed E-state index contributed by atoms with van der Waals surface area (Å²) in [6, 6.07) is 0.475. The topological polar surface area (TPSA) is 4.93 Å². The summed E-state index contributed by atoms with van der Waals surface area (Å²) in [4.78, 5) is 1.44. The first kappa shape index (κ1) is 12.4. The van der Waals surface area contributed by atoms with Gasteiger partial charge in [-0.3, -0.25) is 0 Å². The molecule has 1 aliphatic rings. The van der Waals surface area contributed by atoms with Crippen LogP contribution in [-0.2, 0) is 12.8 Å². The van der Waals surface area contributed by atoms with Crippen molar-refractivity contribution in [2.24, 2.45) is 0 Å². The maximum Gasteiger partial charge on any atom is 0.161 e. The minimum absolute atomic E-state index is 0.327. The molecule has 1 aromatic heterocycles. The monoisotopic (exact) mass is 251 g/mol. The Kier molecular flexibility index (Phi) is 3.91. The molecule has 0 aromatic carbocycles. The molecule has 1 aromatic rings. The van der Waals surface area contributed by atoms with Crippen molar-refractivity contribution in [3.8, 4) is 0 Å². The van der Waals surface area contributed by atoms with Crippen molar-refractivity contribution in [2.75, 3.05) is 0 Å². The van der Waals surface area contributed by atoms with Gasteiger partial charge in [0, 0.05) is 16.6 Å². The molecule has 1 heterocycles. The standard InChI is InChI=1S/C12H18BNS2/c1-8(2)14-10-6-4-3-5-9(13)7-11(10)16-12(14)15/h8-9H,3-7H2,1-2H3. The molecule has 86 valence electrons. The third-order valence-corrected chi connectivity index (χ3v) is 4.69. The summed E-state index contributed by atoms with van der Waals surface area (Å²) in [6.45, 7) is 4.42. The van der Waals surface area contributed by atoms with Crippen molar-refractivity contribution in [3.63, 3.8) is 0 Å². The van der Waals surface area contributed by atoms with Gasteiger partial charge in [-0.1, -0.05) is 18.7 Å². The summed E-state index contributed by atoms with van der Waals surface area (Å²) < 4.78 is 3.35. The lowest BCUT2D eigenvalue weighted by Crippen LogP contribution is -2.10. The third-order valence-electron chi connectivity index (χ3n) is 3.22. The van der Waals surface area contributed by atoms with Gasteiger partial charge in [-0.05, 0) is 45.3 Å². The molecule has 0 saturated heterocycles. The largest absolute Gasteiger partial charge is 0.324 e. The van der Waals surface area contributed by atoms with Gasteiger partial charge in [-0.15, -0.1) is 11.3 Å². The van der Waals surface area contributed by atoms with Gasteiger partial charge in [-0.25, -0.2) is 0 Å². The SMILES string of the molecule is [B]C1CCCCc2c(sc(=S)n2C(C)C)C1. The normalized spacial score (nSPS) is 21.6. The number of thiazole rings is 1. The molecule has 16 heavy (non-hydrogen) atoms. The molecule has 0 aliphatic heterocycles. The van der Waals surface area contributed by atoms with E-state index in [4.69, 9.17) is 20.1 Å². The van der Waals surface area contributed by atoms with Crippen molar-refractivity contribution in [2.45, 2.75) is 57.8 Å². The summed E-state index contributed by atoms with van der Waals surface area (Å²) in [5.41, 5.74) is 1.46. The van der Waals surface area contributed by atoms with Crippen LogP contribution < -0.4 is 0 Å². The van der Waals surface area contributed by atoms with E-state index in [1.54, 1.807) is 11.3 Å². The van der Waals surface area contributed by atoms with Crippen LogP contribution >= 0.6 is 23.6 Å². The molecule has 1 atom stereocenters. The molecule has 0 fully saturated rings. The Morgan fingerprint density at radius 2 is 2.19 bits per heavy atom. The predicted molar refractivity (Wildman–Crippen MR) is 74.3 cm³/mol. The van der Waals surface area contributed by atoms with Crippen LogP contribution in [0.5, 0.6) is 0 Å². The minimum atomic E-state index is 0.327. The van der Waals surface area contributed by atoms with E-state index in [1.807, 2.05) is 0 Å². The van der Waals surface area contributed by atoms with Crippen LogP contribution in [0.25, 0.3) is 0 Å². The minimum Gasteiger partial charge on any atom is -0.324 e. The zero-order valence-corrected chi connectivity index (χ0v) is 11.7. The zero-order valence-electron chi connectivity index (χ0n) is 10.0. The van der Waals surface area contributed by atoms with Crippen LogP contribution in [0.15, 0.2) is 0 Å². The van der Waals surface area contributed by atoms with Gasteiger partial charge in [-0.2, -0.15) is 0 Å². The second-order valence-corrected chi connectivity index (χ2v) is 6.64. The highest BCUT2D eigenvalue weighted by atomic mass is 32.1. The molecular formula is C12H18BNS2. The molecule has 2 radical (unpaired) electrons. The second-order valence-electron chi connectivity index (χ2n) is 4.91. The van der Waals surface area contributed by atoms with Gasteiger partial charge in [0.1, 0.15) is 0 Å². The van der Waals surface area contributed by atoms with Gasteiger partial charge < -0.3 is 4.57 Å². The first-order valence-electron chi connectivity index (χ1n) is 6.08. The fraction of sp³-hybridized carbons (Fsp3) is 0.750. The lowest BCUT2D eigenvalue weighted by atomic mass is 9.78. The summed E-state index contributed by atoms with van der Waals surface area (Å²) in [5.74, 6) is 0.327. The second kappa shape index (κ2) is 5.05. The summed E-state index contributed by atoms with van der Waals surface area (Å²) in [7, 11) is 6.12. The van der Waals surface area contributed by atoms with E-state index in [0.717, 1.165) is 16.8 Å². The Balaban J connectivity index is 2.43. The quantitative estimate of drug-likeness (QED) is 0.537. The number of hydrogen-bond donors (Lipinski definition) is 0. The smallest absolute Gasteiger partial charge is 0.161 e. The maximum absolute atomic E-state index is 6.12. The molecule has 0 N–H and O–H groups in total. The third kappa shape index (κ3) is 2.43. The fourth-order valence-electron chi connectivity index (χ4n) is 2.44. The zero-order chi connectivity index (χ0) is 11.7. The van der Waals surface area contributed by atoms with Gasteiger partial charge in [0.2, 0.25) is 0 Å². The van der Waals surface area contributed by atoms with Crippen molar-refractivity contribution in [1.82, 2.24) is 4.57 Å². The predicted octanol–water partition coefficient (Wildman–Crippen LogP) is 4.09. The van der Waals surface area contributed by atoms with E-state index in [1.165, 1.54) is 29.8 Å². The fourth-order valence-corrected chi connectivity index (χ4v) is 4.31. The van der Waals surface area contributed by atoms with Gasteiger partial charge in [0.05, 0.1) is 7.85 Å². The molecule has 1 nitrogen and oxygen atoms in total. The van der Waals surface area contributed by atoms with Gasteiger partial charge in [0.25, 0.3) is 0 Å². The average Bonchev–Trinajstić information content (AvgIpc) is 2.46. The van der Waals surface area contributed by atoms with Gasteiger partial charge >= 0.3 is 0 Å². The van der Waals surface area contributed by atoms with Crippen LogP contribution in [-0.4, -0.2) is 12.4 Å². The highest BCUT2D eigenvalue weighted by Crippen LogP contribution is 2.31. The number of hydrogen-bond acceptors (Lipinski definition) is 2. The number of rotatable bonds is 1. The van der Waals surface area contributed by atoms with E-state index in [2.05, 4.69) is 18.4 Å². The van der Waals surface area contributed by atoms with Crippen molar-refractivity contribution >= 4 is 31.4 Å². The highest BCUT2D eigenvalue weighted by Gasteiger charge is 2.18. The van der Waals surface area contributed by atoms with Crippen molar-refractivity contribution in [3.05, 3.63) is 14.5 Å². The molecule has 0 amide bonds. The Bertz CT molecular complexity index is 419. The number of nitrogens with zero attached hydrogens (tertiary/aromatic N) is 1. The van der Waals surface area contributed by atoms with Crippen LogP contribution in [0.4, 0.5) is 0 Å². The summed E-state index contributed by atoms with van der Waals surface area (Å²) >= 11 is 7.23. The van der Waals surface area contributed by atoms with E-state index in [-0.39, 0.29) is 0 Å². The summed E-state index contributed by atoms with van der Waals surface area (Å²) in [5, 5.41) is 0. The van der Waals surface area contributed by atoms with Crippen molar-refractivity contribution in [1.29, 1.82) is 0 Å². The van der Waals surface area contributed by atoms with Crippen LogP contribution in [0.1, 0.15) is 49.7 Å². The van der Waals surface area contributed by atoms with Crippen LogP contribution in [0.2, 0.25) is 5.82 Å². The first-order valence-corrected chi connectivity index (χ1v) is 7.30. The van der Waals surface area contributed by atoms with Crippen LogP contribution in [0.3, 0.4) is 0 Å². The highest BCUT2D eigenvalue weighted by molar-refractivity contribution is 7.73. The molecule has 1 unspecified atom stereocenters. The Morgan fingerprint density at radius 3 is 2.88 bits per heavy atom.